The van der Waals surface area contributed by atoms with E-state index in [4.69, 9.17) is 4.74 Å². The van der Waals surface area contributed by atoms with Gasteiger partial charge in [-0.2, -0.15) is 0 Å². The van der Waals surface area contributed by atoms with E-state index >= 15 is 0 Å². The van der Waals surface area contributed by atoms with Crippen molar-refractivity contribution in [3.05, 3.63) is 41.7 Å². The summed E-state index contributed by atoms with van der Waals surface area (Å²) in [4.78, 5) is 25.4. The van der Waals surface area contributed by atoms with Crippen LogP contribution in [0.25, 0.3) is 0 Å². The van der Waals surface area contributed by atoms with Crippen molar-refractivity contribution in [3.63, 3.8) is 0 Å². The van der Waals surface area contributed by atoms with Crippen molar-refractivity contribution in [1.82, 2.24) is 19.4 Å². The molecule has 172 valence electrons. The molecule has 0 bridgehead atoms. The van der Waals surface area contributed by atoms with Crippen LogP contribution in [0.15, 0.2) is 30.6 Å². The highest BCUT2D eigenvalue weighted by atomic mass is 16.5. The number of carbonyl (C=O) groups excluding carboxylic acids is 1. The third kappa shape index (κ3) is 4.72. The molecule has 1 saturated heterocycles. The van der Waals surface area contributed by atoms with E-state index in [0.717, 1.165) is 43.3 Å². The predicted molar refractivity (Wildman–Crippen MR) is 120 cm³/mol. The Morgan fingerprint density at radius 3 is 2.16 bits per heavy atom. The summed E-state index contributed by atoms with van der Waals surface area (Å²) in [6, 6.07) is 1.80. The number of anilines is 1. The quantitative estimate of drug-likeness (QED) is 0.495. The molecule has 0 spiro atoms. The van der Waals surface area contributed by atoms with Crippen LogP contribution in [0.1, 0.15) is 25.0 Å². The Morgan fingerprint density at radius 1 is 1.00 bits per heavy atom. The number of ether oxygens (including phenoxy) is 1. The van der Waals surface area contributed by atoms with Crippen molar-refractivity contribution in [3.8, 4) is 11.8 Å². The van der Waals surface area contributed by atoms with E-state index in [2.05, 4.69) is 19.8 Å². The summed E-state index contributed by atoms with van der Waals surface area (Å²) >= 11 is 0. The number of fused-ring (bicyclic) bond motifs is 1. The highest BCUT2D eigenvalue weighted by molar-refractivity contribution is 5.71. The Hall–Kier alpha value is -3.07. The van der Waals surface area contributed by atoms with Crippen molar-refractivity contribution in [1.29, 1.82) is 0 Å². The summed E-state index contributed by atoms with van der Waals surface area (Å²) in [5.41, 5.74) is 1.49. The van der Waals surface area contributed by atoms with Crippen molar-refractivity contribution >= 4 is 11.9 Å². The first-order chi connectivity index (χ1) is 15.4. The number of nitrogens with zero attached hydrogens (tertiary/aromatic N) is 5. The fourth-order valence-electron chi connectivity index (χ4n) is 4.21. The monoisotopic (exact) mass is 441 g/mol. The van der Waals surface area contributed by atoms with Crippen LogP contribution >= 0.6 is 0 Å². The second kappa shape index (κ2) is 9.60. The van der Waals surface area contributed by atoms with Crippen LogP contribution in [-0.2, 0) is 28.9 Å². The van der Waals surface area contributed by atoms with Crippen LogP contribution in [-0.4, -0.2) is 74.4 Å². The molecule has 2 aromatic heterocycles. The Kier molecular flexibility index (Phi) is 6.64. The summed E-state index contributed by atoms with van der Waals surface area (Å²) in [6.45, 7) is 7.41. The normalized spacial score (nSPS) is 17.4. The largest absolute Gasteiger partial charge is 0.494 e. The Labute approximate surface area is 188 Å². The number of carbonyl (C=O) groups is 1. The van der Waals surface area contributed by atoms with Gasteiger partial charge in [0.25, 0.3) is 0 Å². The third-order valence-electron chi connectivity index (χ3n) is 6.04. The molecular weight excluding hydrogens is 410 g/mol. The Bertz CT molecular complexity index is 933. The first-order valence-electron chi connectivity index (χ1n) is 11.2. The second-order valence-corrected chi connectivity index (χ2v) is 8.64. The first kappa shape index (κ1) is 22.1. The van der Waals surface area contributed by atoms with Gasteiger partial charge in [-0.1, -0.05) is 26.0 Å². The number of allylic oxidation sites excluding steroid dienone is 2. The average molecular weight is 442 g/mol. The summed E-state index contributed by atoms with van der Waals surface area (Å²) in [7, 11) is 0. The summed E-state index contributed by atoms with van der Waals surface area (Å²) < 4.78 is 7.27. The van der Waals surface area contributed by atoms with Gasteiger partial charge in [0.1, 0.15) is 6.10 Å². The van der Waals surface area contributed by atoms with Gasteiger partial charge in [-0.3, -0.25) is 14.3 Å². The van der Waals surface area contributed by atoms with Crippen LogP contribution in [0.4, 0.5) is 5.95 Å². The number of rotatable bonds is 7. The van der Waals surface area contributed by atoms with Gasteiger partial charge in [-0.25, -0.2) is 9.97 Å². The molecule has 1 aliphatic heterocycles. The maximum Gasteiger partial charge on any atom is 0.308 e. The molecule has 0 aromatic carbocycles. The van der Waals surface area contributed by atoms with Gasteiger partial charge < -0.3 is 19.8 Å². The van der Waals surface area contributed by atoms with Crippen LogP contribution in [0.3, 0.4) is 0 Å². The van der Waals surface area contributed by atoms with Crippen molar-refractivity contribution in [2.45, 2.75) is 39.3 Å². The minimum atomic E-state index is -0.497. The number of hydrogen-bond acceptors (Lipinski definition) is 8. The highest BCUT2D eigenvalue weighted by Gasteiger charge is 2.28. The van der Waals surface area contributed by atoms with Crippen LogP contribution in [0, 0.1) is 5.92 Å². The van der Waals surface area contributed by atoms with E-state index in [1.165, 1.54) is 4.57 Å². The smallest absolute Gasteiger partial charge is 0.308 e. The molecule has 3 heterocycles. The summed E-state index contributed by atoms with van der Waals surface area (Å²) in [5.74, 6) is 0.283. The number of hydrogen-bond donors (Lipinski definition) is 2. The Morgan fingerprint density at radius 2 is 1.59 bits per heavy atom. The van der Waals surface area contributed by atoms with Gasteiger partial charge in [0.05, 0.1) is 12.5 Å². The lowest BCUT2D eigenvalue weighted by Gasteiger charge is -2.36. The van der Waals surface area contributed by atoms with Crippen LogP contribution in [0.2, 0.25) is 0 Å². The lowest BCUT2D eigenvalue weighted by molar-refractivity contribution is -0.154. The average Bonchev–Trinajstić information content (AvgIpc) is 3.05. The van der Waals surface area contributed by atoms with Gasteiger partial charge in [0, 0.05) is 56.2 Å². The molecule has 1 fully saturated rings. The number of piperazine rings is 1. The van der Waals surface area contributed by atoms with E-state index in [0.29, 0.717) is 19.4 Å². The third-order valence-corrected chi connectivity index (χ3v) is 6.04. The number of esters is 1. The van der Waals surface area contributed by atoms with Crippen LogP contribution in [0.5, 0.6) is 11.8 Å². The van der Waals surface area contributed by atoms with Gasteiger partial charge in [0.15, 0.2) is 11.8 Å². The topological polar surface area (TPSA) is 104 Å². The van der Waals surface area contributed by atoms with E-state index < -0.39 is 6.10 Å². The van der Waals surface area contributed by atoms with Gasteiger partial charge in [-0.05, 0) is 18.9 Å². The van der Waals surface area contributed by atoms with Crippen molar-refractivity contribution in [2.24, 2.45) is 5.92 Å². The lowest BCUT2D eigenvalue weighted by Crippen LogP contribution is -2.50. The molecule has 2 aromatic rings. The number of aromatic nitrogens is 3. The molecule has 32 heavy (non-hydrogen) atoms. The van der Waals surface area contributed by atoms with Crippen molar-refractivity contribution in [2.75, 3.05) is 37.6 Å². The molecular formula is C23H31N5O4. The van der Waals surface area contributed by atoms with Gasteiger partial charge in [0.2, 0.25) is 5.95 Å². The molecule has 0 saturated carbocycles. The molecule has 0 amide bonds. The fraction of sp³-hybridized carbons (Fsp3) is 0.522. The minimum Gasteiger partial charge on any atom is -0.494 e. The van der Waals surface area contributed by atoms with Crippen molar-refractivity contribution < 1.29 is 19.7 Å². The molecule has 1 atom stereocenters. The van der Waals surface area contributed by atoms with E-state index in [9.17, 15) is 15.0 Å². The maximum atomic E-state index is 12.4. The zero-order chi connectivity index (χ0) is 22.7. The van der Waals surface area contributed by atoms with E-state index in [-0.39, 0.29) is 30.2 Å². The maximum absolute atomic E-state index is 12.4. The predicted octanol–water partition coefficient (Wildman–Crippen LogP) is 1.73. The molecule has 2 aliphatic rings. The lowest BCUT2D eigenvalue weighted by atomic mass is 10.0. The molecule has 9 heteroatoms. The zero-order valence-electron chi connectivity index (χ0n) is 18.6. The molecule has 1 unspecified atom stereocenters. The second-order valence-electron chi connectivity index (χ2n) is 8.64. The number of aromatic hydroxyl groups is 2. The highest BCUT2D eigenvalue weighted by Crippen LogP contribution is 2.37. The Balaban J connectivity index is 1.45. The van der Waals surface area contributed by atoms with Gasteiger partial charge >= 0.3 is 5.97 Å². The standard InChI is InChI=1S/C23H31N5O4/c1-16(2)22(31)32-17(15-28-20(29)18-6-3-4-7-19(18)21(28)30)14-26-10-12-27(13-11-26)23-24-8-5-9-25-23/h3-5,8-9,16-17,29-30H,6-7,10-15H2,1-2H3. The summed E-state index contributed by atoms with van der Waals surface area (Å²) in [5, 5.41) is 21.4. The molecule has 1 aliphatic carbocycles. The fourth-order valence-corrected chi connectivity index (χ4v) is 4.21. The molecule has 2 N–H and O–H groups in total. The molecule has 9 nitrogen and oxygen atoms in total. The first-order valence-corrected chi connectivity index (χ1v) is 11.2. The van der Waals surface area contributed by atoms with Crippen LogP contribution < -0.4 is 4.90 Å². The SMILES string of the molecule is CC(C)C(=O)OC(CN1CCN(c2ncccn2)CC1)Cn1c(O)c2c(c1O)CC=CC2. The summed E-state index contributed by atoms with van der Waals surface area (Å²) in [6.07, 6.45) is 8.12. The van der Waals surface area contributed by atoms with Gasteiger partial charge in [-0.15, -0.1) is 0 Å². The zero-order valence-corrected chi connectivity index (χ0v) is 18.6. The minimum absolute atomic E-state index is 0.0542. The van der Waals surface area contributed by atoms with E-state index in [1.54, 1.807) is 32.3 Å². The molecule has 0 radical (unpaired) electrons. The van der Waals surface area contributed by atoms with E-state index in [1.807, 2.05) is 12.2 Å². The molecule has 4 rings (SSSR count).